The first-order chi connectivity index (χ1) is 13.6. The maximum atomic E-state index is 12.6. The summed E-state index contributed by atoms with van der Waals surface area (Å²) in [6.45, 7) is 7.54. The molecule has 0 saturated heterocycles. The van der Waals surface area contributed by atoms with E-state index in [1.165, 1.54) is 0 Å². The number of Topliss-reactive ketones (excluding diaryl/α,β-unsaturated/α-hetero) is 1. The van der Waals surface area contributed by atoms with Gasteiger partial charge in [0, 0.05) is 12.0 Å². The molecule has 2 aromatic carbocycles. The maximum Gasteiger partial charge on any atom is 0.226 e. The summed E-state index contributed by atoms with van der Waals surface area (Å²) < 4.78 is 30.9. The van der Waals surface area contributed by atoms with E-state index in [0.29, 0.717) is 17.3 Å². The van der Waals surface area contributed by atoms with Crippen molar-refractivity contribution in [3.05, 3.63) is 76.2 Å². The molecule has 0 fully saturated rings. The van der Waals surface area contributed by atoms with Gasteiger partial charge in [-0.25, -0.2) is 13.4 Å². The summed E-state index contributed by atoms with van der Waals surface area (Å²) in [6.07, 6.45) is 0.109. The molecule has 0 unspecified atom stereocenters. The summed E-state index contributed by atoms with van der Waals surface area (Å²) in [5.74, 6) is -0.294. The van der Waals surface area contributed by atoms with Crippen LogP contribution < -0.4 is 0 Å². The van der Waals surface area contributed by atoms with Gasteiger partial charge >= 0.3 is 0 Å². The molecule has 0 bridgehead atoms. The van der Waals surface area contributed by atoms with Crippen LogP contribution in [0.1, 0.15) is 33.7 Å². The molecule has 0 radical (unpaired) electrons. The average Bonchev–Trinajstić information content (AvgIpc) is 2.97. The molecule has 3 rings (SSSR count). The van der Waals surface area contributed by atoms with E-state index in [1.54, 1.807) is 6.92 Å². The highest BCUT2D eigenvalue weighted by Gasteiger charge is 2.23. The normalized spacial score (nSPS) is 11.6. The van der Waals surface area contributed by atoms with E-state index in [-0.39, 0.29) is 18.0 Å². The van der Waals surface area contributed by atoms with Gasteiger partial charge in [0.1, 0.15) is 11.5 Å². The topological polar surface area (TPSA) is 77.2 Å². The highest BCUT2D eigenvalue weighted by molar-refractivity contribution is 7.91. The molecule has 1 aromatic heterocycles. The maximum absolute atomic E-state index is 12.6. The molecule has 0 saturated carbocycles. The standard InChI is InChI=1S/C23H25NO4S/c1-15-9-10-19(17(3)11-15)12-20(25)13-29(26,27)14-22-18(4)28-23(24-22)21-8-6-5-7-16(21)2/h5-11H,12-14H2,1-4H3. The lowest BCUT2D eigenvalue weighted by Crippen LogP contribution is -2.20. The Labute approximate surface area is 171 Å². The van der Waals surface area contributed by atoms with E-state index in [4.69, 9.17) is 4.42 Å². The lowest BCUT2D eigenvalue weighted by Gasteiger charge is -2.07. The molecule has 152 valence electrons. The van der Waals surface area contributed by atoms with E-state index in [2.05, 4.69) is 4.98 Å². The molecule has 0 aliphatic rings. The van der Waals surface area contributed by atoms with Gasteiger partial charge in [-0.05, 0) is 50.5 Å². The van der Waals surface area contributed by atoms with Crippen LogP contribution in [-0.2, 0) is 26.8 Å². The van der Waals surface area contributed by atoms with Crippen LogP contribution in [0.3, 0.4) is 0 Å². The Kier molecular flexibility index (Phi) is 6.03. The van der Waals surface area contributed by atoms with Crippen LogP contribution in [0.2, 0.25) is 0 Å². The number of oxazole rings is 1. The highest BCUT2D eigenvalue weighted by Crippen LogP contribution is 2.25. The molecule has 0 aliphatic carbocycles. The third kappa shape index (κ3) is 5.21. The van der Waals surface area contributed by atoms with E-state index in [0.717, 1.165) is 27.8 Å². The fourth-order valence-electron chi connectivity index (χ4n) is 3.30. The van der Waals surface area contributed by atoms with Gasteiger partial charge in [0.25, 0.3) is 0 Å². The molecule has 3 aromatic rings. The molecule has 0 atom stereocenters. The van der Waals surface area contributed by atoms with E-state index in [1.807, 2.05) is 63.2 Å². The molecule has 0 N–H and O–H groups in total. The number of sulfone groups is 1. The Hall–Kier alpha value is -2.73. The number of hydrogen-bond donors (Lipinski definition) is 0. The second-order valence-corrected chi connectivity index (χ2v) is 9.58. The number of carbonyl (C=O) groups is 1. The van der Waals surface area contributed by atoms with Crippen molar-refractivity contribution in [1.82, 2.24) is 4.98 Å². The van der Waals surface area contributed by atoms with Gasteiger partial charge in [-0.3, -0.25) is 4.79 Å². The SMILES string of the molecule is Cc1ccc(CC(=O)CS(=O)(=O)Cc2nc(-c3ccccc3C)oc2C)c(C)c1. The highest BCUT2D eigenvalue weighted by atomic mass is 32.2. The van der Waals surface area contributed by atoms with Crippen LogP contribution in [0.25, 0.3) is 11.5 Å². The van der Waals surface area contributed by atoms with Crippen LogP contribution in [0.4, 0.5) is 0 Å². The molecular weight excluding hydrogens is 386 g/mol. The lowest BCUT2D eigenvalue weighted by atomic mass is 10.0. The Morgan fingerprint density at radius 1 is 1.00 bits per heavy atom. The van der Waals surface area contributed by atoms with E-state index >= 15 is 0 Å². The largest absolute Gasteiger partial charge is 0.441 e. The van der Waals surface area contributed by atoms with E-state index < -0.39 is 15.6 Å². The lowest BCUT2D eigenvalue weighted by molar-refractivity contribution is -0.116. The zero-order valence-electron chi connectivity index (χ0n) is 17.2. The van der Waals surface area contributed by atoms with Crippen LogP contribution in [0.5, 0.6) is 0 Å². The van der Waals surface area contributed by atoms with Crippen molar-refractivity contribution in [2.75, 3.05) is 5.75 Å². The van der Waals surface area contributed by atoms with Gasteiger partial charge in [-0.2, -0.15) is 0 Å². The predicted octanol–water partition coefficient (Wildman–Crippen LogP) is 4.30. The van der Waals surface area contributed by atoms with Crippen LogP contribution >= 0.6 is 0 Å². The van der Waals surface area contributed by atoms with Crippen molar-refractivity contribution in [1.29, 1.82) is 0 Å². The summed E-state index contributed by atoms with van der Waals surface area (Å²) in [5, 5.41) is 0. The fraction of sp³-hybridized carbons (Fsp3) is 0.304. The van der Waals surface area contributed by atoms with Gasteiger partial charge in [-0.15, -0.1) is 0 Å². The molecular formula is C23H25NO4S. The first-order valence-electron chi connectivity index (χ1n) is 9.45. The summed E-state index contributed by atoms with van der Waals surface area (Å²) in [7, 11) is -3.65. The molecule has 0 aliphatic heterocycles. The van der Waals surface area contributed by atoms with Crippen molar-refractivity contribution < 1.29 is 17.6 Å². The van der Waals surface area contributed by atoms with Gasteiger partial charge in [-0.1, -0.05) is 42.0 Å². The summed E-state index contributed by atoms with van der Waals surface area (Å²) in [5.41, 5.74) is 5.12. The number of carbonyl (C=O) groups excluding carboxylic acids is 1. The number of rotatable bonds is 7. The van der Waals surface area contributed by atoms with Crippen molar-refractivity contribution in [2.45, 2.75) is 39.9 Å². The number of hydrogen-bond acceptors (Lipinski definition) is 5. The van der Waals surface area contributed by atoms with Gasteiger partial charge in [0.2, 0.25) is 5.89 Å². The third-order valence-electron chi connectivity index (χ3n) is 4.89. The van der Waals surface area contributed by atoms with Crippen LogP contribution in [0.15, 0.2) is 46.9 Å². The van der Waals surface area contributed by atoms with Crippen LogP contribution in [-0.4, -0.2) is 24.9 Å². The second-order valence-electron chi connectivity index (χ2n) is 7.51. The summed E-state index contributed by atoms with van der Waals surface area (Å²) in [6, 6.07) is 13.4. The first kappa shape index (κ1) is 21.0. The molecule has 1 heterocycles. The number of aromatic nitrogens is 1. The van der Waals surface area contributed by atoms with Crippen LogP contribution in [0, 0.1) is 27.7 Å². The smallest absolute Gasteiger partial charge is 0.226 e. The quantitative estimate of drug-likeness (QED) is 0.579. The van der Waals surface area contributed by atoms with Crippen molar-refractivity contribution in [2.24, 2.45) is 0 Å². The van der Waals surface area contributed by atoms with Gasteiger partial charge in [0.15, 0.2) is 15.6 Å². The van der Waals surface area contributed by atoms with Crippen molar-refractivity contribution >= 4 is 15.6 Å². The first-order valence-corrected chi connectivity index (χ1v) is 11.3. The molecule has 0 spiro atoms. The van der Waals surface area contributed by atoms with Crippen molar-refractivity contribution in [3.8, 4) is 11.5 Å². The summed E-state index contributed by atoms with van der Waals surface area (Å²) in [4.78, 5) is 16.8. The summed E-state index contributed by atoms with van der Waals surface area (Å²) >= 11 is 0. The second kappa shape index (κ2) is 8.33. The number of aryl methyl sites for hydroxylation is 4. The van der Waals surface area contributed by atoms with E-state index in [9.17, 15) is 13.2 Å². The number of benzene rings is 2. The minimum atomic E-state index is -3.65. The number of nitrogens with zero attached hydrogens (tertiary/aromatic N) is 1. The average molecular weight is 412 g/mol. The molecule has 0 amide bonds. The molecule has 6 heteroatoms. The number of ketones is 1. The third-order valence-corrected chi connectivity index (χ3v) is 6.37. The van der Waals surface area contributed by atoms with Gasteiger partial charge < -0.3 is 4.42 Å². The Balaban J connectivity index is 1.72. The Morgan fingerprint density at radius 3 is 2.41 bits per heavy atom. The minimum absolute atomic E-state index is 0.109. The minimum Gasteiger partial charge on any atom is -0.441 e. The predicted molar refractivity (Wildman–Crippen MR) is 114 cm³/mol. The Bertz CT molecular complexity index is 1160. The Morgan fingerprint density at radius 2 is 1.72 bits per heavy atom. The zero-order valence-corrected chi connectivity index (χ0v) is 18.0. The van der Waals surface area contributed by atoms with Crippen molar-refractivity contribution in [3.63, 3.8) is 0 Å². The zero-order chi connectivity index (χ0) is 21.2. The monoisotopic (exact) mass is 411 g/mol. The fourth-order valence-corrected chi connectivity index (χ4v) is 4.68. The molecule has 29 heavy (non-hydrogen) atoms. The van der Waals surface area contributed by atoms with Gasteiger partial charge in [0.05, 0.1) is 11.4 Å². The molecule has 5 nitrogen and oxygen atoms in total.